The molecule has 2 rings (SSSR count). The third kappa shape index (κ3) is 2.42. The zero-order chi connectivity index (χ0) is 15.6. The fourth-order valence-corrected chi connectivity index (χ4v) is 3.05. The number of β-lactam (4-membered cyclic amide) rings is 1. The number of hydrogen-bond acceptors (Lipinski definition) is 4. The van der Waals surface area contributed by atoms with E-state index in [1.54, 1.807) is 0 Å². The molecule has 0 aromatic heterocycles. The second kappa shape index (κ2) is 6.05. The van der Waals surface area contributed by atoms with Crippen molar-refractivity contribution in [3.05, 3.63) is 21.8 Å². The van der Waals surface area contributed by atoms with E-state index in [1.165, 1.54) is 4.90 Å². The largest absolute Gasteiger partial charge is 0.477 e. The van der Waals surface area contributed by atoms with Crippen molar-refractivity contribution in [2.45, 2.75) is 45.2 Å². The maximum absolute atomic E-state index is 12.0. The standard InChI is InChI=1S/C13H19N5O3/c1-3-5-17(6-4-2)9-7-8-10(15-16-14)12(19)18(8)11(9)13(20)21/h8,10H,3-7H2,1-2H3,(H,20,21). The SMILES string of the molecule is CCCN(CCC)C1=C(C(=O)O)N2C(=O)C(N=[N+]=[N-])C2C1. The van der Waals surface area contributed by atoms with Gasteiger partial charge >= 0.3 is 5.97 Å². The van der Waals surface area contributed by atoms with Gasteiger partial charge in [-0.3, -0.25) is 9.69 Å². The molecule has 8 nitrogen and oxygen atoms in total. The second-order valence-corrected chi connectivity index (χ2v) is 5.22. The lowest BCUT2D eigenvalue weighted by Crippen LogP contribution is -2.61. The van der Waals surface area contributed by atoms with E-state index in [2.05, 4.69) is 10.0 Å². The van der Waals surface area contributed by atoms with Crippen LogP contribution in [0.4, 0.5) is 0 Å². The Morgan fingerprint density at radius 3 is 2.57 bits per heavy atom. The maximum Gasteiger partial charge on any atom is 0.354 e. The highest BCUT2D eigenvalue weighted by molar-refractivity contribution is 6.01. The summed E-state index contributed by atoms with van der Waals surface area (Å²) in [6.07, 6.45) is 2.24. The van der Waals surface area contributed by atoms with Crippen LogP contribution in [-0.2, 0) is 9.59 Å². The van der Waals surface area contributed by atoms with E-state index in [-0.39, 0.29) is 11.7 Å². The summed E-state index contributed by atoms with van der Waals surface area (Å²) in [5.41, 5.74) is 9.24. The molecule has 1 saturated heterocycles. The lowest BCUT2D eigenvalue weighted by molar-refractivity contribution is -0.149. The van der Waals surface area contributed by atoms with Crippen LogP contribution in [0, 0.1) is 0 Å². The second-order valence-electron chi connectivity index (χ2n) is 5.22. The quantitative estimate of drug-likeness (QED) is 0.333. The highest BCUT2D eigenvalue weighted by Gasteiger charge is 2.55. The molecule has 2 unspecified atom stereocenters. The van der Waals surface area contributed by atoms with Gasteiger partial charge in [-0.2, -0.15) is 0 Å². The first-order valence-electron chi connectivity index (χ1n) is 7.15. The topological polar surface area (TPSA) is 110 Å². The van der Waals surface area contributed by atoms with E-state index in [4.69, 9.17) is 5.53 Å². The first-order valence-corrected chi connectivity index (χ1v) is 7.15. The van der Waals surface area contributed by atoms with Crippen LogP contribution in [0.5, 0.6) is 0 Å². The Morgan fingerprint density at radius 1 is 1.48 bits per heavy atom. The van der Waals surface area contributed by atoms with Gasteiger partial charge in [0.25, 0.3) is 0 Å². The number of hydrogen-bond donors (Lipinski definition) is 1. The molecule has 8 heteroatoms. The number of carboxylic acid groups (broad SMARTS) is 1. The number of carbonyl (C=O) groups excluding carboxylic acids is 1. The average Bonchev–Trinajstić information content (AvgIpc) is 2.80. The van der Waals surface area contributed by atoms with E-state index in [1.807, 2.05) is 18.7 Å². The lowest BCUT2D eigenvalue weighted by atomic mass is 9.96. The van der Waals surface area contributed by atoms with Crippen LogP contribution in [0.15, 0.2) is 16.5 Å². The zero-order valence-electron chi connectivity index (χ0n) is 12.2. The van der Waals surface area contributed by atoms with Gasteiger partial charge in [-0.15, -0.1) is 0 Å². The molecule has 1 N–H and O–H groups in total. The van der Waals surface area contributed by atoms with Crippen molar-refractivity contribution in [1.82, 2.24) is 9.80 Å². The molecule has 2 atom stereocenters. The number of azide groups is 1. The van der Waals surface area contributed by atoms with E-state index >= 15 is 0 Å². The summed E-state index contributed by atoms with van der Waals surface area (Å²) >= 11 is 0. The van der Waals surface area contributed by atoms with E-state index in [9.17, 15) is 14.7 Å². The monoisotopic (exact) mass is 293 g/mol. The Hall–Kier alpha value is -2.21. The molecule has 2 heterocycles. The predicted octanol–water partition coefficient (Wildman–Crippen LogP) is 1.70. The first-order chi connectivity index (χ1) is 10.1. The van der Waals surface area contributed by atoms with Crippen molar-refractivity contribution in [2.24, 2.45) is 5.11 Å². The van der Waals surface area contributed by atoms with Crippen LogP contribution in [0.1, 0.15) is 33.1 Å². The predicted molar refractivity (Wildman–Crippen MR) is 75.0 cm³/mol. The zero-order valence-corrected chi connectivity index (χ0v) is 12.2. The molecular formula is C13H19N5O3. The van der Waals surface area contributed by atoms with Crippen LogP contribution in [0.3, 0.4) is 0 Å². The Morgan fingerprint density at radius 2 is 2.10 bits per heavy atom. The molecule has 2 aliphatic rings. The number of aliphatic carboxylic acids is 1. The van der Waals surface area contributed by atoms with Crippen LogP contribution in [0.25, 0.3) is 10.4 Å². The molecule has 0 saturated carbocycles. The number of rotatable bonds is 7. The fourth-order valence-electron chi connectivity index (χ4n) is 3.05. The van der Waals surface area contributed by atoms with Crippen LogP contribution >= 0.6 is 0 Å². The number of carboxylic acids is 1. The molecule has 114 valence electrons. The maximum atomic E-state index is 12.0. The van der Waals surface area contributed by atoms with Crippen molar-refractivity contribution in [2.75, 3.05) is 13.1 Å². The minimum absolute atomic E-state index is 0.0521. The molecule has 1 fully saturated rings. The third-order valence-corrected chi connectivity index (χ3v) is 3.85. The van der Waals surface area contributed by atoms with E-state index < -0.39 is 17.9 Å². The fraction of sp³-hybridized carbons (Fsp3) is 0.692. The third-order valence-electron chi connectivity index (χ3n) is 3.85. The summed E-state index contributed by atoms with van der Waals surface area (Å²) in [5.74, 6) is -1.52. The van der Waals surface area contributed by atoms with Crippen LogP contribution in [0.2, 0.25) is 0 Å². The number of nitrogens with zero attached hydrogens (tertiary/aromatic N) is 5. The molecule has 0 bridgehead atoms. The Labute approximate surface area is 122 Å². The Kier molecular flexibility index (Phi) is 4.37. The van der Waals surface area contributed by atoms with Gasteiger partial charge in [-0.25, -0.2) is 4.79 Å². The normalized spacial score (nSPS) is 23.5. The highest BCUT2D eigenvalue weighted by atomic mass is 16.4. The average molecular weight is 293 g/mol. The summed E-state index contributed by atoms with van der Waals surface area (Å²) in [5, 5.41) is 12.9. The molecule has 0 spiro atoms. The molecule has 2 aliphatic heterocycles. The molecule has 0 radical (unpaired) electrons. The smallest absolute Gasteiger partial charge is 0.354 e. The molecule has 0 aromatic rings. The minimum Gasteiger partial charge on any atom is -0.477 e. The first kappa shape index (κ1) is 15.2. The summed E-state index contributed by atoms with van der Waals surface area (Å²) < 4.78 is 0. The van der Waals surface area contributed by atoms with Gasteiger partial charge in [0.15, 0.2) is 0 Å². The van der Waals surface area contributed by atoms with Gasteiger partial charge in [-0.1, -0.05) is 19.0 Å². The molecule has 0 aromatic carbocycles. The lowest BCUT2D eigenvalue weighted by Gasteiger charge is -2.40. The number of carbonyl (C=O) groups is 2. The van der Waals surface area contributed by atoms with Gasteiger partial charge in [0.1, 0.15) is 11.7 Å². The summed E-state index contributed by atoms with van der Waals surface area (Å²) in [6, 6.07) is -1.11. The van der Waals surface area contributed by atoms with Crippen molar-refractivity contribution < 1.29 is 14.7 Å². The van der Waals surface area contributed by atoms with Crippen molar-refractivity contribution in [1.29, 1.82) is 0 Å². The van der Waals surface area contributed by atoms with Gasteiger partial charge < -0.3 is 10.0 Å². The summed E-state index contributed by atoms with van der Waals surface area (Å²) in [4.78, 5) is 29.5. The Bertz CT molecular complexity index is 532. The molecule has 21 heavy (non-hydrogen) atoms. The van der Waals surface area contributed by atoms with Gasteiger partial charge in [-0.05, 0) is 18.4 Å². The van der Waals surface area contributed by atoms with Gasteiger partial charge in [0, 0.05) is 30.1 Å². The summed E-state index contributed by atoms with van der Waals surface area (Å²) in [7, 11) is 0. The van der Waals surface area contributed by atoms with Crippen LogP contribution < -0.4 is 0 Å². The highest BCUT2D eigenvalue weighted by Crippen LogP contribution is 2.41. The number of amides is 1. The van der Waals surface area contributed by atoms with E-state index in [0.717, 1.165) is 25.9 Å². The molecule has 0 aliphatic carbocycles. The summed E-state index contributed by atoms with van der Waals surface area (Å²) in [6.45, 7) is 5.56. The van der Waals surface area contributed by atoms with Crippen molar-refractivity contribution in [3.8, 4) is 0 Å². The van der Waals surface area contributed by atoms with Crippen molar-refractivity contribution in [3.63, 3.8) is 0 Å². The van der Waals surface area contributed by atoms with E-state index in [0.29, 0.717) is 12.1 Å². The molecular weight excluding hydrogens is 274 g/mol. The van der Waals surface area contributed by atoms with Gasteiger partial charge in [0.05, 0.1) is 6.04 Å². The van der Waals surface area contributed by atoms with Crippen molar-refractivity contribution >= 4 is 11.9 Å². The Balaban J connectivity index is 2.33. The number of fused-ring (bicyclic) bond motifs is 1. The minimum atomic E-state index is -1.10. The van der Waals surface area contributed by atoms with Gasteiger partial charge in [0.2, 0.25) is 5.91 Å². The van der Waals surface area contributed by atoms with Crippen LogP contribution in [-0.4, -0.2) is 52.0 Å². The molecule has 1 amide bonds.